The van der Waals surface area contributed by atoms with E-state index in [0.29, 0.717) is 0 Å². The van der Waals surface area contributed by atoms with Crippen molar-refractivity contribution in [3.05, 3.63) is 28.7 Å². The second-order valence-corrected chi connectivity index (χ2v) is 6.19. The monoisotopic (exact) mass is 331 g/mol. The van der Waals surface area contributed by atoms with Crippen LogP contribution in [0.2, 0.25) is 0 Å². The number of benzene rings is 1. The Kier molecular flexibility index (Phi) is 5.22. The summed E-state index contributed by atoms with van der Waals surface area (Å²) in [6.07, 6.45) is 0. The van der Waals surface area contributed by atoms with Gasteiger partial charge < -0.3 is 10.4 Å². The van der Waals surface area contributed by atoms with Crippen LogP contribution in [-0.2, 0) is 9.59 Å². The lowest BCUT2D eigenvalue weighted by Crippen LogP contribution is -2.50. The SMILES string of the molecule is CC(C)(NC(=O)CSc1cccc(Br)c1)C(=O)O. The molecule has 0 saturated heterocycles. The summed E-state index contributed by atoms with van der Waals surface area (Å²) in [5, 5.41) is 11.4. The van der Waals surface area contributed by atoms with Gasteiger partial charge in [0.25, 0.3) is 0 Å². The van der Waals surface area contributed by atoms with Gasteiger partial charge >= 0.3 is 5.97 Å². The van der Waals surface area contributed by atoms with E-state index in [1.165, 1.54) is 25.6 Å². The number of hydrogen-bond donors (Lipinski definition) is 2. The van der Waals surface area contributed by atoms with Crippen LogP contribution in [-0.4, -0.2) is 28.3 Å². The number of carboxylic acid groups (broad SMARTS) is 1. The molecule has 1 aromatic carbocycles. The molecule has 0 atom stereocenters. The highest BCUT2D eigenvalue weighted by atomic mass is 79.9. The zero-order chi connectivity index (χ0) is 13.8. The summed E-state index contributed by atoms with van der Waals surface area (Å²) in [7, 11) is 0. The van der Waals surface area contributed by atoms with Gasteiger partial charge in [-0.05, 0) is 32.0 Å². The average molecular weight is 332 g/mol. The minimum atomic E-state index is -1.24. The highest BCUT2D eigenvalue weighted by molar-refractivity contribution is 9.10. The van der Waals surface area contributed by atoms with Crippen molar-refractivity contribution < 1.29 is 14.7 Å². The number of aliphatic carboxylic acids is 1. The Bertz CT molecular complexity index is 462. The van der Waals surface area contributed by atoms with Crippen molar-refractivity contribution in [2.75, 3.05) is 5.75 Å². The summed E-state index contributed by atoms with van der Waals surface area (Å²) < 4.78 is 0.943. The molecule has 0 aliphatic heterocycles. The molecule has 0 aliphatic rings. The third-order valence-corrected chi connectivity index (χ3v) is 3.64. The van der Waals surface area contributed by atoms with E-state index >= 15 is 0 Å². The Morgan fingerprint density at radius 2 is 2.11 bits per heavy atom. The lowest BCUT2D eigenvalue weighted by atomic mass is 10.1. The van der Waals surface area contributed by atoms with Gasteiger partial charge in [-0.25, -0.2) is 4.79 Å². The highest BCUT2D eigenvalue weighted by Crippen LogP contribution is 2.21. The fourth-order valence-corrected chi connectivity index (χ4v) is 2.45. The minimum absolute atomic E-state index is 0.188. The van der Waals surface area contributed by atoms with Gasteiger partial charge in [-0.2, -0.15) is 0 Å². The van der Waals surface area contributed by atoms with Crippen molar-refractivity contribution in [2.24, 2.45) is 0 Å². The van der Waals surface area contributed by atoms with Crippen LogP contribution in [0.1, 0.15) is 13.8 Å². The molecule has 98 valence electrons. The van der Waals surface area contributed by atoms with E-state index in [0.717, 1.165) is 9.37 Å². The number of nitrogens with one attached hydrogen (secondary N) is 1. The summed E-state index contributed by atoms with van der Waals surface area (Å²) >= 11 is 4.71. The lowest BCUT2D eigenvalue weighted by molar-refractivity contribution is -0.145. The van der Waals surface area contributed by atoms with E-state index in [-0.39, 0.29) is 11.7 Å². The second-order valence-electron chi connectivity index (χ2n) is 4.22. The van der Waals surface area contributed by atoms with Crippen LogP contribution in [0, 0.1) is 0 Å². The van der Waals surface area contributed by atoms with Crippen LogP contribution in [0.25, 0.3) is 0 Å². The van der Waals surface area contributed by atoms with Gasteiger partial charge in [0.1, 0.15) is 5.54 Å². The van der Waals surface area contributed by atoms with E-state index in [4.69, 9.17) is 5.11 Å². The second kappa shape index (κ2) is 6.24. The van der Waals surface area contributed by atoms with Crippen molar-refractivity contribution in [1.29, 1.82) is 0 Å². The quantitative estimate of drug-likeness (QED) is 0.813. The van der Waals surface area contributed by atoms with Crippen molar-refractivity contribution >= 4 is 39.6 Å². The Morgan fingerprint density at radius 1 is 1.44 bits per heavy atom. The summed E-state index contributed by atoms with van der Waals surface area (Å²) in [5.74, 6) is -1.16. The zero-order valence-corrected chi connectivity index (χ0v) is 12.5. The van der Waals surface area contributed by atoms with Crippen LogP contribution in [0.3, 0.4) is 0 Å². The standard InChI is InChI=1S/C12H14BrNO3S/c1-12(2,11(16)17)14-10(15)7-18-9-5-3-4-8(13)6-9/h3-6H,7H2,1-2H3,(H,14,15)(H,16,17). The summed E-state index contributed by atoms with van der Waals surface area (Å²) in [6.45, 7) is 2.91. The van der Waals surface area contributed by atoms with Crippen molar-refractivity contribution in [3.8, 4) is 0 Å². The van der Waals surface area contributed by atoms with Crippen LogP contribution >= 0.6 is 27.7 Å². The van der Waals surface area contributed by atoms with E-state index in [1.807, 2.05) is 24.3 Å². The predicted molar refractivity (Wildman–Crippen MR) is 74.7 cm³/mol. The van der Waals surface area contributed by atoms with Gasteiger partial charge in [0.05, 0.1) is 5.75 Å². The molecule has 0 fully saturated rings. The maximum atomic E-state index is 11.6. The maximum Gasteiger partial charge on any atom is 0.328 e. The molecule has 1 amide bonds. The topological polar surface area (TPSA) is 66.4 Å². The third kappa shape index (κ3) is 4.70. The summed E-state index contributed by atoms with van der Waals surface area (Å²) in [4.78, 5) is 23.4. The van der Waals surface area contributed by atoms with Gasteiger partial charge in [-0.3, -0.25) is 4.79 Å². The predicted octanol–water partition coefficient (Wildman–Crippen LogP) is 2.52. The van der Waals surface area contributed by atoms with E-state index < -0.39 is 11.5 Å². The first-order chi connectivity index (χ1) is 8.31. The molecule has 0 aliphatic carbocycles. The molecule has 0 saturated carbocycles. The van der Waals surface area contributed by atoms with Crippen molar-refractivity contribution in [3.63, 3.8) is 0 Å². The van der Waals surface area contributed by atoms with E-state index in [2.05, 4.69) is 21.2 Å². The molecular formula is C12H14BrNO3S. The Morgan fingerprint density at radius 3 is 2.67 bits per heavy atom. The van der Waals surface area contributed by atoms with Gasteiger partial charge in [0.2, 0.25) is 5.91 Å². The molecule has 0 heterocycles. The highest BCUT2D eigenvalue weighted by Gasteiger charge is 2.28. The molecule has 1 aromatic rings. The van der Waals surface area contributed by atoms with Gasteiger partial charge in [0, 0.05) is 9.37 Å². The Balaban J connectivity index is 2.50. The Labute approximate surface area is 118 Å². The average Bonchev–Trinajstić information content (AvgIpc) is 2.25. The number of thioether (sulfide) groups is 1. The molecule has 0 aromatic heterocycles. The van der Waals surface area contributed by atoms with Crippen molar-refractivity contribution in [2.45, 2.75) is 24.3 Å². The van der Waals surface area contributed by atoms with Crippen molar-refractivity contribution in [1.82, 2.24) is 5.32 Å². The molecule has 0 radical (unpaired) electrons. The molecule has 0 bridgehead atoms. The van der Waals surface area contributed by atoms with Crippen LogP contribution in [0.15, 0.2) is 33.6 Å². The number of hydrogen-bond acceptors (Lipinski definition) is 3. The number of carbonyl (C=O) groups excluding carboxylic acids is 1. The largest absolute Gasteiger partial charge is 0.480 e. The summed E-state index contributed by atoms with van der Waals surface area (Å²) in [5.41, 5.74) is -1.24. The molecule has 18 heavy (non-hydrogen) atoms. The number of rotatable bonds is 5. The van der Waals surface area contributed by atoms with Crippen LogP contribution in [0.5, 0.6) is 0 Å². The summed E-state index contributed by atoms with van der Waals surface area (Å²) in [6, 6.07) is 7.58. The van der Waals surface area contributed by atoms with Crippen LogP contribution < -0.4 is 5.32 Å². The smallest absolute Gasteiger partial charge is 0.328 e. The van der Waals surface area contributed by atoms with Gasteiger partial charge in [-0.1, -0.05) is 22.0 Å². The number of carbonyl (C=O) groups is 2. The molecule has 6 heteroatoms. The first-order valence-electron chi connectivity index (χ1n) is 5.24. The number of carboxylic acids is 1. The maximum absolute atomic E-state index is 11.6. The fourth-order valence-electron chi connectivity index (χ4n) is 1.14. The minimum Gasteiger partial charge on any atom is -0.480 e. The normalized spacial score (nSPS) is 11.1. The molecule has 4 nitrogen and oxygen atoms in total. The van der Waals surface area contributed by atoms with Gasteiger partial charge in [-0.15, -0.1) is 11.8 Å². The molecule has 0 unspecified atom stereocenters. The molecular weight excluding hydrogens is 318 g/mol. The molecule has 0 spiro atoms. The van der Waals surface area contributed by atoms with Gasteiger partial charge in [0.15, 0.2) is 0 Å². The van der Waals surface area contributed by atoms with E-state index in [1.54, 1.807) is 0 Å². The zero-order valence-electron chi connectivity index (χ0n) is 10.1. The number of halogens is 1. The molecule has 2 N–H and O–H groups in total. The first-order valence-corrected chi connectivity index (χ1v) is 7.02. The number of amides is 1. The Hall–Kier alpha value is -1.01. The molecule has 1 rings (SSSR count). The van der Waals surface area contributed by atoms with E-state index in [9.17, 15) is 9.59 Å². The third-order valence-electron chi connectivity index (χ3n) is 2.15. The lowest BCUT2D eigenvalue weighted by Gasteiger charge is -2.20. The van der Waals surface area contributed by atoms with Crippen LogP contribution in [0.4, 0.5) is 0 Å². The fraction of sp³-hybridized carbons (Fsp3) is 0.333. The first kappa shape index (κ1) is 15.0.